The summed E-state index contributed by atoms with van der Waals surface area (Å²) in [5.41, 5.74) is -0.630. The van der Waals surface area contributed by atoms with Crippen LogP contribution in [0, 0.1) is 5.41 Å². The maximum Gasteiger partial charge on any atom is 0.416 e. The van der Waals surface area contributed by atoms with Gasteiger partial charge in [-0.2, -0.15) is 13.2 Å². The molecule has 2 rings (SSSR count). The van der Waals surface area contributed by atoms with Crippen LogP contribution in [0.5, 0.6) is 0 Å². The van der Waals surface area contributed by atoms with E-state index in [0.29, 0.717) is 6.54 Å². The van der Waals surface area contributed by atoms with Crippen LogP contribution in [0.15, 0.2) is 24.3 Å². The third-order valence-electron chi connectivity index (χ3n) is 3.93. The highest BCUT2D eigenvalue weighted by Crippen LogP contribution is 2.30. The van der Waals surface area contributed by atoms with Crippen molar-refractivity contribution < 1.29 is 18.0 Å². The monoisotopic (exact) mass is 315 g/mol. The van der Waals surface area contributed by atoms with E-state index in [1.54, 1.807) is 0 Å². The van der Waals surface area contributed by atoms with E-state index in [2.05, 4.69) is 22.9 Å². The first kappa shape index (κ1) is 16.6. The Hall–Kier alpha value is -1.76. The summed E-state index contributed by atoms with van der Waals surface area (Å²) in [5.74, 6) is 0. The largest absolute Gasteiger partial charge is 0.416 e. The molecule has 122 valence electrons. The van der Waals surface area contributed by atoms with E-state index in [1.165, 1.54) is 12.1 Å². The van der Waals surface area contributed by atoms with Crippen molar-refractivity contribution in [3.63, 3.8) is 0 Å². The molecule has 1 fully saturated rings. The molecule has 2 amide bonds. The number of carbonyl (C=O) groups is 1. The number of hydrogen-bond donors (Lipinski definition) is 3. The molecule has 0 aliphatic carbocycles. The number of benzene rings is 1. The van der Waals surface area contributed by atoms with Gasteiger partial charge in [0.25, 0.3) is 0 Å². The molecule has 0 aromatic heterocycles. The summed E-state index contributed by atoms with van der Waals surface area (Å²) in [4.78, 5) is 11.8. The lowest BCUT2D eigenvalue weighted by Gasteiger charge is -2.34. The van der Waals surface area contributed by atoms with Gasteiger partial charge in [-0.15, -0.1) is 0 Å². The zero-order valence-corrected chi connectivity index (χ0v) is 12.4. The van der Waals surface area contributed by atoms with Gasteiger partial charge in [-0.1, -0.05) is 13.0 Å². The topological polar surface area (TPSA) is 53.2 Å². The maximum atomic E-state index is 12.6. The third kappa shape index (κ3) is 4.62. The van der Waals surface area contributed by atoms with E-state index in [1.807, 2.05) is 0 Å². The van der Waals surface area contributed by atoms with Crippen LogP contribution >= 0.6 is 0 Å². The van der Waals surface area contributed by atoms with E-state index in [9.17, 15) is 18.0 Å². The first-order chi connectivity index (χ1) is 10.3. The number of nitrogens with one attached hydrogen (secondary N) is 3. The van der Waals surface area contributed by atoms with Crippen LogP contribution in [0.2, 0.25) is 0 Å². The minimum absolute atomic E-state index is 0.0242. The molecule has 1 aliphatic heterocycles. The summed E-state index contributed by atoms with van der Waals surface area (Å²) in [7, 11) is 0. The van der Waals surface area contributed by atoms with Crippen LogP contribution in [0.25, 0.3) is 0 Å². The fourth-order valence-corrected chi connectivity index (χ4v) is 2.45. The van der Waals surface area contributed by atoms with Crippen molar-refractivity contribution in [2.75, 3.05) is 25.0 Å². The fraction of sp³-hybridized carbons (Fsp3) is 0.533. The van der Waals surface area contributed by atoms with Crippen molar-refractivity contribution in [3.8, 4) is 0 Å². The molecule has 7 heteroatoms. The summed E-state index contributed by atoms with van der Waals surface area (Å²) >= 11 is 0. The summed E-state index contributed by atoms with van der Waals surface area (Å²) in [6.45, 7) is 4.42. The maximum absolute atomic E-state index is 12.6. The zero-order chi connectivity index (χ0) is 16.2. The Morgan fingerprint density at radius 3 is 2.64 bits per heavy atom. The van der Waals surface area contributed by atoms with E-state index >= 15 is 0 Å². The molecule has 22 heavy (non-hydrogen) atoms. The van der Waals surface area contributed by atoms with Crippen LogP contribution < -0.4 is 16.0 Å². The number of carbonyl (C=O) groups excluding carboxylic acids is 1. The van der Waals surface area contributed by atoms with Crippen molar-refractivity contribution in [2.24, 2.45) is 5.41 Å². The lowest BCUT2D eigenvalue weighted by Crippen LogP contribution is -2.44. The van der Waals surface area contributed by atoms with Gasteiger partial charge in [0.15, 0.2) is 0 Å². The number of rotatable bonds is 3. The van der Waals surface area contributed by atoms with Crippen LogP contribution in [0.1, 0.15) is 25.3 Å². The summed E-state index contributed by atoms with van der Waals surface area (Å²) in [6, 6.07) is 4.11. The van der Waals surface area contributed by atoms with Crippen LogP contribution in [0.3, 0.4) is 0 Å². The molecular weight excluding hydrogens is 295 g/mol. The lowest BCUT2D eigenvalue weighted by molar-refractivity contribution is -0.137. The standard InChI is InChI=1S/C15H20F3N3O/c1-14(5-7-19-8-6-14)10-20-13(22)21-12-4-2-3-11(9-12)15(16,17)18/h2-4,9,19H,5-8,10H2,1H3,(H2,20,21,22). The van der Waals surface area contributed by atoms with Gasteiger partial charge in [0.1, 0.15) is 0 Å². The van der Waals surface area contributed by atoms with Crippen LogP contribution in [-0.4, -0.2) is 25.7 Å². The van der Waals surface area contributed by atoms with Gasteiger partial charge < -0.3 is 16.0 Å². The normalized spacial score (nSPS) is 17.8. The van der Waals surface area contributed by atoms with Crippen molar-refractivity contribution in [3.05, 3.63) is 29.8 Å². The zero-order valence-electron chi connectivity index (χ0n) is 12.4. The molecule has 3 N–H and O–H groups in total. The van der Waals surface area contributed by atoms with Crippen molar-refractivity contribution in [1.82, 2.24) is 10.6 Å². The average molecular weight is 315 g/mol. The number of urea groups is 1. The summed E-state index contributed by atoms with van der Waals surface area (Å²) in [5, 5.41) is 8.44. The second-order valence-corrected chi connectivity index (χ2v) is 5.95. The van der Waals surface area contributed by atoms with Crippen molar-refractivity contribution >= 4 is 11.7 Å². The second-order valence-electron chi connectivity index (χ2n) is 5.95. The quantitative estimate of drug-likeness (QED) is 0.802. The molecule has 1 aromatic rings. The molecule has 0 bridgehead atoms. The first-order valence-corrected chi connectivity index (χ1v) is 7.21. The van der Waals surface area contributed by atoms with Gasteiger partial charge in [0, 0.05) is 12.2 Å². The molecular formula is C15H20F3N3O. The van der Waals surface area contributed by atoms with E-state index < -0.39 is 17.8 Å². The minimum Gasteiger partial charge on any atom is -0.337 e. The van der Waals surface area contributed by atoms with Gasteiger partial charge in [0.2, 0.25) is 0 Å². The Balaban J connectivity index is 1.89. The summed E-state index contributed by atoms with van der Waals surface area (Å²) < 4.78 is 37.8. The van der Waals surface area contributed by atoms with Crippen LogP contribution in [0.4, 0.5) is 23.7 Å². The first-order valence-electron chi connectivity index (χ1n) is 7.21. The number of anilines is 1. The van der Waals surface area contributed by atoms with Crippen molar-refractivity contribution in [1.29, 1.82) is 0 Å². The van der Waals surface area contributed by atoms with Gasteiger partial charge in [-0.25, -0.2) is 4.79 Å². The van der Waals surface area contributed by atoms with E-state index in [0.717, 1.165) is 38.1 Å². The predicted octanol–water partition coefficient (Wildman–Crippen LogP) is 3.22. The number of halogens is 3. The van der Waals surface area contributed by atoms with Crippen molar-refractivity contribution in [2.45, 2.75) is 25.9 Å². The Labute approximate surface area is 127 Å². The molecule has 0 atom stereocenters. The molecule has 4 nitrogen and oxygen atoms in total. The highest BCUT2D eigenvalue weighted by Gasteiger charge is 2.30. The van der Waals surface area contributed by atoms with Gasteiger partial charge in [-0.05, 0) is 49.5 Å². The minimum atomic E-state index is -4.42. The Morgan fingerprint density at radius 2 is 2.00 bits per heavy atom. The number of alkyl halides is 3. The van der Waals surface area contributed by atoms with Gasteiger partial charge in [-0.3, -0.25) is 0 Å². The summed E-state index contributed by atoms with van der Waals surface area (Å²) in [6.07, 6.45) is -2.51. The Kier molecular flexibility index (Phi) is 4.95. The van der Waals surface area contributed by atoms with E-state index in [-0.39, 0.29) is 11.1 Å². The number of piperidine rings is 1. The highest BCUT2D eigenvalue weighted by molar-refractivity contribution is 5.89. The molecule has 1 aliphatic rings. The predicted molar refractivity (Wildman–Crippen MR) is 78.7 cm³/mol. The van der Waals surface area contributed by atoms with E-state index in [4.69, 9.17) is 0 Å². The molecule has 0 radical (unpaired) electrons. The number of hydrogen-bond acceptors (Lipinski definition) is 2. The number of amides is 2. The molecule has 1 heterocycles. The molecule has 1 saturated heterocycles. The average Bonchev–Trinajstić information content (AvgIpc) is 2.46. The fourth-order valence-electron chi connectivity index (χ4n) is 2.45. The Bertz CT molecular complexity index is 525. The molecule has 1 aromatic carbocycles. The Morgan fingerprint density at radius 1 is 1.32 bits per heavy atom. The second kappa shape index (κ2) is 6.56. The van der Waals surface area contributed by atoms with Gasteiger partial charge >= 0.3 is 12.2 Å². The molecule has 0 unspecified atom stereocenters. The lowest BCUT2D eigenvalue weighted by atomic mass is 9.81. The molecule has 0 saturated carbocycles. The SMILES string of the molecule is CC1(CNC(=O)Nc2cccc(C(F)(F)F)c2)CCNCC1. The van der Waals surface area contributed by atoms with Gasteiger partial charge in [0.05, 0.1) is 5.56 Å². The highest BCUT2D eigenvalue weighted by atomic mass is 19.4. The third-order valence-corrected chi connectivity index (χ3v) is 3.93. The van der Waals surface area contributed by atoms with Crippen LogP contribution in [-0.2, 0) is 6.18 Å². The smallest absolute Gasteiger partial charge is 0.337 e. The molecule has 0 spiro atoms.